The number of allylic oxidation sites excluding steroid dienone is 2. The Morgan fingerprint density at radius 1 is 0.425 bits per heavy atom. The maximum Gasteiger partial charge on any atom is 0.0355 e. The molecular weight excluding hydrogens is 500 g/mol. The van der Waals surface area contributed by atoms with E-state index in [9.17, 15) is 0 Å². The van der Waals surface area contributed by atoms with Crippen LogP contribution in [0.4, 0.5) is 0 Å². The second-order valence-electron chi connectivity index (χ2n) is 10.4. The fourth-order valence-corrected chi connectivity index (χ4v) is 7.37. The van der Waals surface area contributed by atoms with Gasteiger partial charge in [-0.05, 0) is 85.6 Å². The highest BCUT2D eigenvalue weighted by Crippen LogP contribution is 2.45. The molecule has 0 atom stereocenters. The summed E-state index contributed by atoms with van der Waals surface area (Å²) in [5, 5.41) is 6.49. The lowest BCUT2D eigenvalue weighted by molar-refractivity contribution is 1.44. The number of thiophene rings is 1. The Hall–Kier alpha value is -4.72. The third kappa shape index (κ3) is 3.74. The molecule has 0 aliphatic heterocycles. The molecule has 0 saturated heterocycles. The molecule has 0 saturated carbocycles. The SMILES string of the molecule is C1=Cc2sc3ccc(-c4c5ccccc5c(-c5cccc(-c6ccccc6)c5)c5ccccc45)cc3c2C=CC1. The number of hydrogen-bond acceptors (Lipinski definition) is 1. The van der Waals surface area contributed by atoms with E-state index in [2.05, 4.69) is 146 Å². The Morgan fingerprint density at radius 3 is 1.70 bits per heavy atom. The predicted octanol–water partition coefficient (Wildman–Crippen LogP) is 11.6. The second kappa shape index (κ2) is 9.48. The Labute approximate surface area is 238 Å². The van der Waals surface area contributed by atoms with E-state index < -0.39 is 0 Å². The highest BCUT2D eigenvalue weighted by Gasteiger charge is 2.18. The molecular formula is C39H26S. The normalized spacial score (nSPS) is 12.7. The van der Waals surface area contributed by atoms with Gasteiger partial charge in [-0.1, -0.05) is 121 Å². The summed E-state index contributed by atoms with van der Waals surface area (Å²) in [5.41, 5.74) is 8.94. The maximum atomic E-state index is 2.41. The van der Waals surface area contributed by atoms with Crippen LogP contribution in [-0.2, 0) is 0 Å². The average Bonchev–Trinajstić information content (AvgIpc) is 3.19. The molecule has 0 N–H and O–H groups in total. The predicted molar refractivity (Wildman–Crippen MR) is 176 cm³/mol. The largest absolute Gasteiger partial charge is 0.135 e. The number of hydrogen-bond donors (Lipinski definition) is 0. The van der Waals surface area contributed by atoms with Crippen molar-refractivity contribution in [3.63, 3.8) is 0 Å². The molecule has 0 fully saturated rings. The molecule has 0 spiro atoms. The van der Waals surface area contributed by atoms with Crippen LogP contribution >= 0.6 is 11.3 Å². The first-order valence-electron chi connectivity index (χ1n) is 13.8. The van der Waals surface area contributed by atoms with Crippen LogP contribution in [-0.4, -0.2) is 0 Å². The lowest BCUT2D eigenvalue weighted by Gasteiger charge is -2.18. The van der Waals surface area contributed by atoms with E-state index >= 15 is 0 Å². The lowest BCUT2D eigenvalue weighted by atomic mass is 9.85. The molecule has 1 aromatic heterocycles. The molecule has 0 radical (unpaired) electrons. The zero-order valence-corrected chi connectivity index (χ0v) is 22.8. The summed E-state index contributed by atoms with van der Waals surface area (Å²) in [5.74, 6) is 0. The zero-order valence-electron chi connectivity index (χ0n) is 22.0. The van der Waals surface area contributed by atoms with E-state index in [4.69, 9.17) is 0 Å². The number of rotatable bonds is 3. The van der Waals surface area contributed by atoms with Gasteiger partial charge in [0.25, 0.3) is 0 Å². The third-order valence-electron chi connectivity index (χ3n) is 8.06. The summed E-state index contributed by atoms with van der Waals surface area (Å²) in [4.78, 5) is 1.35. The molecule has 0 bridgehead atoms. The summed E-state index contributed by atoms with van der Waals surface area (Å²) < 4.78 is 1.34. The minimum atomic E-state index is 0.991. The molecule has 1 heterocycles. The van der Waals surface area contributed by atoms with Gasteiger partial charge in [0.1, 0.15) is 0 Å². The van der Waals surface area contributed by atoms with Gasteiger partial charge in [-0.3, -0.25) is 0 Å². The number of fused-ring (bicyclic) bond motifs is 5. The smallest absolute Gasteiger partial charge is 0.0355 e. The van der Waals surface area contributed by atoms with Crippen molar-refractivity contribution in [2.75, 3.05) is 0 Å². The van der Waals surface area contributed by atoms with Gasteiger partial charge in [0.2, 0.25) is 0 Å². The number of benzene rings is 6. The van der Waals surface area contributed by atoms with E-state index in [1.165, 1.54) is 75.5 Å². The van der Waals surface area contributed by atoms with Gasteiger partial charge in [-0.2, -0.15) is 0 Å². The van der Waals surface area contributed by atoms with E-state index in [0.29, 0.717) is 0 Å². The van der Waals surface area contributed by atoms with Gasteiger partial charge in [0.05, 0.1) is 0 Å². The minimum Gasteiger partial charge on any atom is -0.135 e. The molecule has 1 heteroatoms. The van der Waals surface area contributed by atoms with Crippen LogP contribution in [0.25, 0.3) is 77.2 Å². The Morgan fingerprint density at radius 2 is 1.00 bits per heavy atom. The van der Waals surface area contributed by atoms with E-state index in [1.807, 2.05) is 11.3 Å². The van der Waals surface area contributed by atoms with Gasteiger partial charge < -0.3 is 0 Å². The minimum absolute atomic E-state index is 0.991. The first-order valence-corrected chi connectivity index (χ1v) is 14.7. The van der Waals surface area contributed by atoms with Crippen LogP contribution < -0.4 is 0 Å². The zero-order chi connectivity index (χ0) is 26.5. The van der Waals surface area contributed by atoms with Crippen molar-refractivity contribution in [3.8, 4) is 33.4 Å². The van der Waals surface area contributed by atoms with E-state index in [-0.39, 0.29) is 0 Å². The van der Waals surface area contributed by atoms with Crippen molar-refractivity contribution in [1.29, 1.82) is 0 Å². The average molecular weight is 527 g/mol. The van der Waals surface area contributed by atoms with E-state index in [0.717, 1.165) is 6.42 Å². The standard InChI is InChI=1S/C39H26S/c1-3-12-26(13-4-1)27-14-11-15-28(24-27)38-31-17-7-9-19-33(31)39(34-20-10-8-18-32(34)38)29-22-23-37-35(25-29)30-16-5-2-6-21-36(30)40-37/h1,3-25H,2H2. The maximum absolute atomic E-state index is 2.41. The van der Waals surface area contributed by atoms with Gasteiger partial charge in [-0.25, -0.2) is 0 Å². The topological polar surface area (TPSA) is 0 Å². The third-order valence-corrected chi connectivity index (χ3v) is 9.21. The van der Waals surface area contributed by atoms with Crippen molar-refractivity contribution in [2.45, 2.75) is 6.42 Å². The first kappa shape index (κ1) is 23.2. The second-order valence-corrected chi connectivity index (χ2v) is 11.5. The Balaban J connectivity index is 1.42. The molecule has 7 aromatic rings. The van der Waals surface area contributed by atoms with Crippen LogP contribution in [0.1, 0.15) is 16.9 Å². The molecule has 0 amide bonds. The van der Waals surface area contributed by atoms with Gasteiger partial charge in [0.15, 0.2) is 0 Å². The summed E-state index contributed by atoms with van der Waals surface area (Å²) >= 11 is 1.89. The first-order chi connectivity index (χ1) is 19.8. The fraction of sp³-hybridized carbons (Fsp3) is 0.0256. The fourth-order valence-electron chi connectivity index (χ4n) is 6.26. The lowest BCUT2D eigenvalue weighted by Crippen LogP contribution is -1.91. The molecule has 1 aliphatic rings. The van der Waals surface area contributed by atoms with Crippen molar-refractivity contribution >= 4 is 55.1 Å². The van der Waals surface area contributed by atoms with Crippen LogP contribution in [0.15, 0.2) is 133 Å². The van der Waals surface area contributed by atoms with Crippen LogP contribution in [0, 0.1) is 0 Å². The molecule has 40 heavy (non-hydrogen) atoms. The van der Waals surface area contributed by atoms with E-state index in [1.54, 1.807) is 0 Å². The summed E-state index contributed by atoms with van der Waals surface area (Å²) in [6, 6.07) is 44.6. The van der Waals surface area contributed by atoms with Crippen molar-refractivity contribution in [1.82, 2.24) is 0 Å². The molecule has 188 valence electrons. The Kier molecular flexibility index (Phi) is 5.50. The summed E-state index contributed by atoms with van der Waals surface area (Å²) in [7, 11) is 0. The monoisotopic (exact) mass is 526 g/mol. The van der Waals surface area contributed by atoms with Crippen LogP contribution in [0.3, 0.4) is 0 Å². The quantitative estimate of drug-likeness (QED) is 0.201. The van der Waals surface area contributed by atoms with Crippen molar-refractivity contribution in [2.24, 2.45) is 0 Å². The van der Waals surface area contributed by atoms with Gasteiger partial charge >= 0.3 is 0 Å². The van der Waals surface area contributed by atoms with Gasteiger partial charge in [0, 0.05) is 20.5 Å². The summed E-state index contributed by atoms with van der Waals surface area (Å²) in [6.45, 7) is 0. The summed E-state index contributed by atoms with van der Waals surface area (Å²) in [6.07, 6.45) is 10.1. The van der Waals surface area contributed by atoms with Crippen LogP contribution in [0.5, 0.6) is 0 Å². The molecule has 0 nitrogen and oxygen atoms in total. The molecule has 6 aromatic carbocycles. The van der Waals surface area contributed by atoms with Crippen molar-refractivity contribution < 1.29 is 0 Å². The molecule has 8 rings (SSSR count). The van der Waals surface area contributed by atoms with Gasteiger partial charge in [-0.15, -0.1) is 11.3 Å². The molecule has 1 aliphatic carbocycles. The van der Waals surface area contributed by atoms with Crippen molar-refractivity contribution in [3.05, 3.63) is 144 Å². The highest BCUT2D eigenvalue weighted by atomic mass is 32.1. The molecule has 0 unspecified atom stereocenters. The highest BCUT2D eigenvalue weighted by molar-refractivity contribution is 7.20. The Bertz CT molecular complexity index is 2070. The van der Waals surface area contributed by atoms with Crippen LogP contribution in [0.2, 0.25) is 0 Å².